The Bertz CT molecular complexity index is 639. The maximum atomic E-state index is 5.67. The van der Waals surface area contributed by atoms with Gasteiger partial charge in [-0.3, -0.25) is 0 Å². The summed E-state index contributed by atoms with van der Waals surface area (Å²) in [5.41, 5.74) is 7.72. The fourth-order valence-electron chi connectivity index (χ4n) is 3.33. The SMILES string of the molecule is Cc1nc(C2Cc3ccccc3C2)nc(NN)c1C(C)C. The molecule has 0 radical (unpaired) electrons. The molecule has 2 aromatic rings. The smallest absolute Gasteiger partial charge is 0.147 e. The van der Waals surface area contributed by atoms with Gasteiger partial charge in [0.15, 0.2) is 0 Å². The summed E-state index contributed by atoms with van der Waals surface area (Å²) >= 11 is 0. The van der Waals surface area contributed by atoms with Crippen LogP contribution in [0.15, 0.2) is 24.3 Å². The predicted molar refractivity (Wildman–Crippen MR) is 85.3 cm³/mol. The summed E-state index contributed by atoms with van der Waals surface area (Å²) in [4.78, 5) is 9.45. The van der Waals surface area contributed by atoms with Gasteiger partial charge in [-0.2, -0.15) is 0 Å². The molecule has 0 spiro atoms. The van der Waals surface area contributed by atoms with Gasteiger partial charge >= 0.3 is 0 Å². The summed E-state index contributed by atoms with van der Waals surface area (Å²) in [6, 6.07) is 8.60. The van der Waals surface area contributed by atoms with E-state index in [0.717, 1.165) is 35.7 Å². The highest BCUT2D eigenvalue weighted by molar-refractivity contribution is 5.48. The summed E-state index contributed by atoms with van der Waals surface area (Å²) in [5, 5.41) is 0. The number of hydrogen-bond acceptors (Lipinski definition) is 4. The Kier molecular flexibility index (Phi) is 3.64. The summed E-state index contributed by atoms with van der Waals surface area (Å²) in [6.45, 7) is 6.32. The molecule has 1 aromatic heterocycles. The molecule has 0 saturated carbocycles. The van der Waals surface area contributed by atoms with E-state index in [0.29, 0.717) is 11.8 Å². The van der Waals surface area contributed by atoms with Crippen molar-refractivity contribution in [3.8, 4) is 0 Å². The van der Waals surface area contributed by atoms with Crippen molar-refractivity contribution in [3.63, 3.8) is 0 Å². The van der Waals surface area contributed by atoms with Gasteiger partial charge in [-0.25, -0.2) is 15.8 Å². The van der Waals surface area contributed by atoms with Crippen molar-refractivity contribution in [1.29, 1.82) is 0 Å². The van der Waals surface area contributed by atoms with Crippen LogP contribution in [0.4, 0.5) is 5.82 Å². The first-order valence-electron chi connectivity index (χ1n) is 7.52. The number of anilines is 1. The predicted octanol–water partition coefficient (Wildman–Crippen LogP) is 3.08. The van der Waals surface area contributed by atoms with Crippen molar-refractivity contribution in [2.75, 3.05) is 5.43 Å². The van der Waals surface area contributed by atoms with E-state index >= 15 is 0 Å². The molecule has 0 bridgehead atoms. The van der Waals surface area contributed by atoms with Gasteiger partial charge in [-0.15, -0.1) is 0 Å². The van der Waals surface area contributed by atoms with E-state index in [4.69, 9.17) is 15.8 Å². The van der Waals surface area contributed by atoms with Crippen LogP contribution in [0.3, 0.4) is 0 Å². The van der Waals surface area contributed by atoms with Crippen LogP contribution >= 0.6 is 0 Å². The number of aryl methyl sites for hydroxylation is 1. The Labute approximate surface area is 125 Å². The van der Waals surface area contributed by atoms with Crippen LogP contribution in [0.1, 0.15) is 53.9 Å². The normalized spacial score (nSPS) is 14.5. The zero-order valence-corrected chi connectivity index (χ0v) is 12.9. The number of nitrogens with two attached hydrogens (primary N) is 1. The topological polar surface area (TPSA) is 63.8 Å². The molecule has 0 saturated heterocycles. The Morgan fingerprint density at radius 2 is 1.76 bits per heavy atom. The van der Waals surface area contributed by atoms with Crippen LogP contribution in [0.25, 0.3) is 0 Å². The van der Waals surface area contributed by atoms with Gasteiger partial charge in [0, 0.05) is 17.2 Å². The number of benzene rings is 1. The van der Waals surface area contributed by atoms with Crippen LogP contribution in [-0.4, -0.2) is 9.97 Å². The van der Waals surface area contributed by atoms with E-state index in [9.17, 15) is 0 Å². The van der Waals surface area contributed by atoms with Crippen molar-refractivity contribution < 1.29 is 0 Å². The highest BCUT2D eigenvalue weighted by Gasteiger charge is 2.26. The minimum atomic E-state index is 0.353. The third-order valence-electron chi connectivity index (χ3n) is 4.28. The van der Waals surface area contributed by atoms with E-state index in [1.807, 2.05) is 6.92 Å². The lowest BCUT2D eigenvalue weighted by molar-refractivity contribution is 0.671. The molecule has 110 valence electrons. The number of hydrogen-bond donors (Lipinski definition) is 2. The molecule has 4 heteroatoms. The number of rotatable bonds is 3. The number of nitrogen functional groups attached to an aromatic ring is 1. The fraction of sp³-hybridized carbons (Fsp3) is 0.412. The van der Waals surface area contributed by atoms with Gasteiger partial charge in [0.05, 0.1) is 0 Å². The maximum absolute atomic E-state index is 5.67. The zero-order chi connectivity index (χ0) is 15.0. The highest BCUT2D eigenvalue weighted by atomic mass is 15.3. The maximum Gasteiger partial charge on any atom is 0.147 e. The summed E-state index contributed by atoms with van der Waals surface area (Å²) < 4.78 is 0. The average molecular weight is 282 g/mol. The summed E-state index contributed by atoms with van der Waals surface area (Å²) in [7, 11) is 0. The first kappa shape index (κ1) is 14.0. The van der Waals surface area contributed by atoms with Gasteiger partial charge in [-0.1, -0.05) is 38.1 Å². The van der Waals surface area contributed by atoms with Crippen molar-refractivity contribution >= 4 is 5.82 Å². The molecule has 0 unspecified atom stereocenters. The molecule has 0 amide bonds. The molecular weight excluding hydrogens is 260 g/mol. The lowest BCUT2D eigenvalue weighted by Gasteiger charge is -2.17. The van der Waals surface area contributed by atoms with Gasteiger partial charge in [0.1, 0.15) is 11.6 Å². The lowest BCUT2D eigenvalue weighted by atomic mass is 10.0. The van der Waals surface area contributed by atoms with Gasteiger partial charge in [-0.05, 0) is 36.8 Å². The molecule has 3 N–H and O–H groups in total. The summed E-state index contributed by atoms with van der Waals surface area (Å²) in [6.07, 6.45) is 2.03. The Morgan fingerprint density at radius 3 is 2.29 bits per heavy atom. The van der Waals surface area contributed by atoms with Crippen LogP contribution < -0.4 is 11.3 Å². The van der Waals surface area contributed by atoms with E-state index in [2.05, 4.69) is 43.5 Å². The number of nitrogens with one attached hydrogen (secondary N) is 1. The second-order valence-electron chi connectivity index (χ2n) is 6.10. The van der Waals surface area contributed by atoms with Crippen LogP contribution in [-0.2, 0) is 12.8 Å². The average Bonchev–Trinajstić information content (AvgIpc) is 2.89. The first-order chi connectivity index (χ1) is 10.1. The largest absolute Gasteiger partial charge is 0.308 e. The van der Waals surface area contributed by atoms with Crippen LogP contribution in [0.2, 0.25) is 0 Å². The van der Waals surface area contributed by atoms with E-state index in [1.54, 1.807) is 0 Å². The Hall–Kier alpha value is -1.94. The number of aromatic nitrogens is 2. The molecule has 1 aliphatic carbocycles. The molecule has 0 aliphatic heterocycles. The molecule has 0 atom stereocenters. The van der Waals surface area contributed by atoms with Gasteiger partial charge in [0.2, 0.25) is 0 Å². The molecule has 3 rings (SSSR count). The minimum Gasteiger partial charge on any atom is -0.308 e. The van der Waals surface area contributed by atoms with Gasteiger partial charge in [0.25, 0.3) is 0 Å². The number of fused-ring (bicyclic) bond motifs is 1. The minimum absolute atomic E-state index is 0.353. The van der Waals surface area contributed by atoms with Crippen LogP contribution in [0, 0.1) is 6.92 Å². The molecule has 4 nitrogen and oxygen atoms in total. The van der Waals surface area contributed by atoms with E-state index in [1.165, 1.54) is 11.1 Å². The number of hydrazine groups is 1. The summed E-state index contributed by atoms with van der Waals surface area (Å²) in [5.74, 6) is 8.05. The highest BCUT2D eigenvalue weighted by Crippen LogP contribution is 2.34. The second kappa shape index (κ2) is 5.45. The molecule has 1 heterocycles. The Morgan fingerprint density at radius 1 is 1.14 bits per heavy atom. The molecule has 1 aliphatic rings. The third kappa shape index (κ3) is 2.51. The lowest BCUT2D eigenvalue weighted by Crippen LogP contribution is -2.17. The second-order valence-corrected chi connectivity index (χ2v) is 6.10. The number of nitrogens with zero attached hydrogens (tertiary/aromatic N) is 2. The van der Waals surface area contributed by atoms with E-state index in [-0.39, 0.29) is 0 Å². The van der Waals surface area contributed by atoms with Crippen molar-refractivity contribution in [2.24, 2.45) is 5.84 Å². The van der Waals surface area contributed by atoms with Crippen molar-refractivity contribution in [2.45, 2.75) is 45.4 Å². The molecule has 1 aromatic carbocycles. The molecule has 0 fully saturated rings. The standard InChI is InChI=1S/C17H22N4/c1-10(2)15-11(3)19-16(20-17(15)21-18)14-8-12-6-4-5-7-13(12)9-14/h4-7,10,14H,8-9,18H2,1-3H3,(H,19,20,21). The third-order valence-corrected chi connectivity index (χ3v) is 4.28. The quantitative estimate of drug-likeness (QED) is 0.671. The van der Waals surface area contributed by atoms with E-state index < -0.39 is 0 Å². The molecule has 21 heavy (non-hydrogen) atoms. The zero-order valence-electron chi connectivity index (χ0n) is 12.9. The van der Waals surface area contributed by atoms with Gasteiger partial charge < -0.3 is 5.43 Å². The monoisotopic (exact) mass is 282 g/mol. The van der Waals surface area contributed by atoms with Crippen LogP contribution in [0.5, 0.6) is 0 Å². The van der Waals surface area contributed by atoms with Crippen molar-refractivity contribution in [1.82, 2.24) is 9.97 Å². The van der Waals surface area contributed by atoms with Crippen molar-refractivity contribution in [3.05, 3.63) is 52.5 Å². The fourth-order valence-corrected chi connectivity index (χ4v) is 3.33. The molecular formula is C17H22N4. The first-order valence-corrected chi connectivity index (χ1v) is 7.52. The Balaban J connectivity index is 1.96.